The summed E-state index contributed by atoms with van der Waals surface area (Å²) in [7, 11) is -1.79. The third-order valence-corrected chi connectivity index (χ3v) is 8.01. The molecule has 156 valence electrons. The highest BCUT2D eigenvalue weighted by Gasteiger charge is 2.35. The number of rotatable bonds is 6. The summed E-state index contributed by atoms with van der Waals surface area (Å²) in [5.74, 6) is 0.753. The predicted molar refractivity (Wildman–Crippen MR) is 117 cm³/mol. The highest BCUT2D eigenvalue weighted by Crippen LogP contribution is 2.30. The van der Waals surface area contributed by atoms with Crippen LogP contribution in [0, 0.1) is 0 Å². The van der Waals surface area contributed by atoms with E-state index in [-0.39, 0.29) is 12.5 Å². The summed E-state index contributed by atoms with van der Waals surface area (Å²) < 4.78 is 31.2. The number of ether oxygens (including phenoxy) is 1. The van der Waals surface area contributed by atoms with Gasteiger partial charge in [0, 0.05) is 25.1 Å². The topological polar surface area (TPSA) is 63.7 Å². The minimum absolute atomic E-state index is 0.0178. The summed E-state index contributed by atoms with van der Waals surface area (Å²) in [6.45, 7) is 0.727. The average molecular weight is 424 g/mol. The van der Waals surface area contributed by atoms with Crippen LogP contribution in [0.3, 0.4) is 0 Å². The predicted octanol–water partition coefficient (Wildman–Crippen LogP) is 3.86. The van der Waals surface area contributed by atoms with Crippen LogP contribution in [0.15, 0.2) is 71.6 Å². The van der Waals surface area contributed by atoms with Gasteiger partial charge in [-0.3, -0.25) is 4.79 Å². The van der Waals surface area contributed by atoms with Crippen LogP contribution in [0.1, 0.15) is 18.4 Å². The van der Waals surface area contributed by atoms with E-state index in [9.17, 15) is 13.2 Å². The van der Waals surface area contributed by atoms with Crippen molar-refractivity contribution in [2.24, 2.45) is 0 Å². The van der Waals surface area contributed by atoms with Gasteiger partial charge in [0.05, 0.1) is 17.3 Å². The number of nitrogens with zero attached hydrogens (tertiary/aromatic N) is 1. The van der Waals surface area contributed by atoms with Gasteiger partial charge in [-0.25, -0.2) is 8.42 Å². The van der Waals surface area contributed by atoms with Crippen molar-refractivity contribution in [3.05, 3.63) is 72.3 Å². The molecule has 0 saturated carbocycles. The van der Waals surface area contributed by atoms with Crippen LogP contribution in [-0.2, 0) is 21.1 Å². The second-order valence-corrected chi connectivity index (χ2v) is 9.80. The van der Waals surface area contributed by atoms with Crippen LogP contribution in [-0.4, -0.2) is 44.7 Å². The highest BCUT2D eigenvalue weighted by molar-refractivity contribution is 7.92. The molecule has 3 aromatic rings. The molecule has 3 aromatic carbocycles. The second kappa shape index (κ2) is 8.48. The fourth-order valence-electron chi connectivity index (χ4n) is 4.17. The van der Waals surface area contributed by atoms with Crippen molar-refractivity contribution in [3.8, 4) is 5.75 Å². The SMILES string of the molecule is COc1ccc2ccccc2c1CCC(=O)N1CCC(S(=O)(=O)c2ccccc2)C1. The molecule has 4 rings (SSSR count). The molecule has 1 amide bonds. The lowest BCUT2D eigenvalue weighted by Gasteiger charge is -2.18. The van der Waals surface area contributed by atoms with E-state index >= 15 is 0 Å². The number of hydrogen-bond donors (Lipinski definition) is 0. The normalized spacial score (nSPS) is 16.7. The van der Waals surface area contributed by atoms with Gasteiger partial charge in [0.25, 0.3) is 0 Å². The van der Waals surface area contributed by atoms with Crippen molar-refractivity contribution in [2.45, 2.75) is 29.4 Å². The summed E-state index contributed by atoms with van der Waals surface area (Å²) in [4.78, 5) is 14.9. The first-order chi connectivity index (χ1) is 14.5. The Hall–Kier alpha value is -2.86. The van der Waals surface area contributed by atoms with Gasteiger partial charge in [0.1, 0.15) is 5.75 Å². The number of likely N-dealkylation sites (tertiary alicyclic amines) is 1. The molecule has 0 spiro atoms. The molecule has 0 N–H and O–H groups in total. The fourth-order valence-corrected chi connectivity index (χ4v) is 5.88. The maximum atomic E-state index is 12.9. The molecule has 6 heteroatoms. The molecule has 1 atom stereocenters. The molecule has 0 aromatic heterocycles. The maximum Gasteiger partial charge on any atom is 0.222 e. The molecule has 1 heterocycles. The smallest absolute Gasteiger partial charge is 0.222 e. The standard InChI is InChI=1S/C24H25NO4S/c1-29-23-13-11-18-7-5-6-10-21(18)22(23)12-14-24(26)25-16-15-20(17-25)30(27,28)19-8-3-2-4-9-19/h2-11,13,20H,12,14-17H2,1H3. The Bertz CT molecular complexity index is 1160. The number of benzene rings is 3. The Morgan fingerprint density at radius 3 is 2.53 bits per heavy atom. The lowest BCUT2D eigenvalue weighted by Crippen LogP contribution is -2.32. The zero-order chi connectivity index (χ0) is 21.1. The molecule has 5 nitrogen and oxygen atoms in total. The van der Waals surface area contributed by atoms with E-state index in [1.165, 1.54) is 0 Å². The van der Waals surface area contributed by atoms with Gasteiger partial charge in [0.15, 0.2) is 9.84 Å². The Morgan fingerprint density at radius 2 is 1.77 bits per heavy atom. The maximum absolute atomic E-state index is 12.9. The van der Waals surface area contributed by atoms with Gasteiger partial charge in [-0.05, 0) is 41.8 Å². The number of sulfone groups is 1. The molecule has 1 fully saturated rings. The van der Waals surface area contributed by atoms with Gasteiger partial charge in [-0.15, -0.1) is 0 Å². The van der Waals surface area contributed by atoms with E-state index < -0.39 is 15.1 Å². The molecule has 0 radical (unpaired) electrons. The molecule has 0 aliphatic carbocycles. The number of methoxy groups -OCH3 is 1. The summed E-state index contributed by atoms with van der Waals surface area (Å²) in [6.07, 6.45) is 1.35. The minimum Gasteiger partial charge on any atom is -0.496 e. The lowest BCUT2D eigenvalue weighted by molar-refractivity contribution is -0.130. The van der Waals surface area contributed by atoms with Crippen molar-refractivity contribution in [2.75, 3.05) is 20.2 Å². The zero-order valence-corrected chi connectivity index (χ0v) is 17.8. The third-order valence-electron chi connectivity index (χ3n) is 5.81. The number of carbonyl (C=O) groups is 1. The zero-order valence-electron chi connectivity index (χ0n) is 17.0. The second-order valence-electron chi connectivity index (χ2n) is 7.58. The van der Waals surface area contributed by atoms with Crippen molar-refractivity contribution < 1.29 is 17.9 Å². The monoisotopic (exact) mass is 423 g/mol. The Labute approximate surface area is 177 Å². The van der Waals surface area contributed by atoms with Gasteiger partial charge in [0.2, 0.25) is 5.91 Å². The summed E-state index contributed by atoms with van der Waals surface area (Å²) in [5.41, 5.74) is 1.01. The van der Waals surface area contributed by atoms with E-state index in [1.807, 2.05) is 36.4 Å². The average Bonchev–Trinajstić information content (AvgIpc) is 3.29. The van der Waals surface area contributed by atoms with Crippen LogP contribution < -0.4 is 4.74 Å². The number of amides is 1. The molecular weight excluding hydrogens is 398 g/mol. The Kier molecular flexibility index (Phi) is 5.77. The van der Waals surface area contributed by atoms with E-state index in [1.54, 1.807) is 42.3 Å². The fraction of sp³-hybridized carbons (Fsp3) is 0.292. The van der Waals surface area contributed by atoms with Crippen molar-refractivity contribution >= 4 is 26.5 Å². The molecule has 1 unspecified atom stereocenters. The quantitative estimate of drug-likeness (QED) is 0.604. The van der Waals surface area contributed by atoms with Gasteiger partial charge in [-0.2, -0.15) is 0 Å². The molecule has 1 aliphatic rings. The van der Waals surface area contributed by atoms with Crippen LogP contribution >= 0.6 is 0 Å². The van der Waals surface area contributed by atoms with E-state index in [4.69, 9.17) is 4.74 Å². The van der Waals surface area contributed by atoms with Gasteiger partial charge < -0.3 is 9.64 Å². The van der Waals surface area contributed by atoms with Crippen LogP contribution in [0.4, 0.5) is 0 Å². The van der Waals surface area contributed by atoms with Crippen LogP contribution in [0.2, 0.25) is 0 Å². The number of hydrogen-bond acceptors (Lipinski definition) is 4. The molecule has 0 bridgehead atoms. The summed E-state index contributed by atoms with van der Waals surface area (Å²) in [5, 5.41) is 1.64. The largest absolute Gasteiger partial charge is 0.496 e. The van der Waals surface area contributed by atoms with Gasteiger partial charge in [-0.1, -0.05) is 48.5 Å². The highest BCUT2D eigenvalue weighted by atomic mass is 32.2. The first-order valence-electron chi connectivity index (χ1n) is 10.1. The molecular formula is C24H25NO4S. The van der Waals surface area contributed by atoms with Crippen molar-refractivity contribution in [1.82, 2.24) is 4.90 Å². The molecule has 1 aliphatic heterocycles. The van der Waals surface area contributed by atoms with Gasteiger partial charge >= 0.3 is 0 Å². The number of fused-ring (bicyclic) bond motifs is 1. The van der Waals surface area contributed by atoms with Crippen molar-refractivity contribution in [1.29, 1.82) is 0 Å². The Balaban J connectivity index is 1.46. The van der Waals surface area contributed by atoms with Crippen molar-refractivity contribution in [3.63, 3.8) is 0 Å². The number of carbonyl (C=O) groups excluding carboxylic acids is 1. The lowest BCUT2D eigenvalue weighted by atomic mass is 9.99. The first kappa shape index (κ1) is 20.4. The molecule has 30 heavy (non-hydrogen) atoms. The van der Waals surface area contributed by atoms with E-state index in [0.717, 1.165) is 22.1 Å². The first-order valence-corrected chi connectivity index (χ1v) is 11.7. The van der Waals surface area contributed by atoms with Crippen LogP contribution in [0.5, 0.6) is 5.75 Å². The van der Waals surface area contributed by atoms with Crippen LogP contribution in [0.25, 0.3) is 10.8 Å². The van der Waals surface area contributed by atoms with E-state index in [0.29, 0.717) is 30.7 Å². The summed E-state index contributed by atoms with van der Waals surface area (Å²) in [6, 6.07) is 20.5. The summed E-state index contributed by atoms with van der Waals surface area (Å²) >= 11 is 0. The third kappa shape index (κ3) is 3.92. The number of aryl methyl sites for hydroxylation is 1. The molecule has 1 saturated heterocycles. The Morgan fingerprint density at radius 1 is 1.03 bits per heavy atom. The minimum atomic E-state index is -3.43. The van der Waals surface area contributed by atoms with E-state index in [2.05, 4.69) is 0 Å².